The average Bonchev–Trinajstić information content (AvgIpc) is 0.811. The van der Waals surface area contributed by atoms with Crippen LogP contribution in [0.2, 0.25) is 0 Å². The molecule has 0 aromatic rings. The smallest absolute Gasteiger partial charge is 0.215 e. The topological polar surface area (TPSA) is 78.1 Å². The van der Waals surface area contributed by atoms with E-state index in [-0.39, 0.29) is 12.0 Å². The van der Waals surface area contributed by atoms with Gasteiger partial charge in [-0.15, -0.1) is 0 Å². The fourth-order valence-electron chi connectivity index (χ4n) is 0. The molecule has 0 saturated heterocycles. The number of primary amides is 1. The van der Waals surface area contributed by atoms with Crippen LogP contribution in [0.4, 0.5) is 4.79 Å². The first-order valence-electron chi connectivity index (χ1n) is 0.993. The van der Waals surface area contributed by atoms with Gasteiger partial charge in [0.25, 0.3) is 0 Å². The van der Waals surface area contributed by atoms with Gasteiger partial charge in [-0.3, -0.25) is 4.79 Å². The molecule has 0 spiro atoms. The van der Waals surface area contributed by atoms with Gasteiger partial charge in [-0.05, 0) is 0 Å². The molecule has 0 atom stereocenters. The molecule has 0 aliphatic carbocycles. The van der Waals surface area contributed by atoms with Crippen LogP contribution in [0.3, 0.4) is 0 Å². The minimum atomic E-state index is -0.333. The predicted octanol–water partition coefficient (Wildman–Crippen LogP) is -1.14. The summed E-state index contributed by atoms with van der Waals surface area (Å²) in [6.45, 7) is 0. The van der Waals surface area contributed by atoms with E-state index in [0.717, 1.165) is 0 Å². The number of hydrogen-bond acceptors (Lipinski definition) is 2. The summed E-state index contributed by atoms with van der Waals surface area (Å²) in [5.74, 6) is -0.333. The van der Waals surface area contributed by atoms with Gasteiger partial charge in [0.2, 0.25) is 7.85 Å². The van der Waals surface area contributed by atoms with Crippen LogP contribution in [0.15, 0.2) is 0 Å². The van der Waals surface area contributed by atoms with Gasteiger partial charge in [0, 0.05) is 0 Å². The Morgan fingerprint density at radius 1 is 1.80 bits per heavy atom. The molecule has 0 saturated carbocycles. The summed E-state index contributed by atoms with van der Waals surface area (Å²) in [6.07, 6.45) is 0. The van der Waals surface area contributed by atoms with E-state index < -0.39 is 0 Å². The number of nitrogens with two attached hydrogens (primary N) is 1. The van der Waals surface area contributed by atoms with Crippen molar-refractivity contribution in [2.24, 2.45) is 5.73 Å². The van der Waals surface area contributed by atoms with Crippen molar-refractivity contribution in [2.75, 3.05) is 0 Å². The van der Waals surface area contributed by atoms with E-state index in [0.29, 0.717) is 0 Å². The van der Waals surface area contributed by atoms with Crippen LogP contribution >= 0.6 is 0 Å². The molecule has 0 aliphatic heterocycles. The Bertz CT molecular complexity index is 32.6. The highest BCUT2D eigenvalue weighted by Crippen LogP contribution is 1.33. The van der Waals surface area contributed by atoms with Crippen molar-refractivity contribution in [3.05, 3.63) is 0 Å². The van der Waals surface area contributed by atoms with E-state index in [1.165, 1.54) is 7.85 Å². The monoisotopic (exact) mass is 74.1 g/mol. The van der Waals surface area contributed by atoms with Gasteiger partial charge in [-0.1, -0.05) is 0 Å². The van der Waals surface area contributed by atoms with Crippen LogP contribution in [0.25, 0.3) is 0 Å². The molecule has 3 nitrogen and oxygen atoms in total. The zero-order valence-corrected chi connectivity index (χ0v) is 3.19. The number of rotatable bonds is 0. The summed E-state index contributed by atoms with van der Waals surface area (Å²) in [4.78, 5) is 9.22. The van der Waals surface area contributed by atoms with Crippen LogP contribution in [0.1, 0.15) is 0 Å². The maximum absolute atomic E-state index is 9.22. The first-order chi connectivity index (χ1) is 1.73. The largest absolute Gasteiger partial charge is 0.379 e. The summed E-state index contributed by atoms with van der Waals surface area (Å²) in [7, 11) is 1.31. The van der Waals surface area contributed by atoms with Gasteiger partial charge in [0.05, 0.1) is 0 Å². The van der Waals surface area contributed by atoms with Gasteiger partial charge >= 0.3 is 0 Å². The molecule has 0 bridgehead atoms. The molecule has 0 radical (unpaired) electrons. The van der Waals surface area contributed by atoms with E-state index in [1.807, 2.05) is 0 Å². The molecule has 0 rings (SSSR count). The van der Waals surface area contributed by atoms with Crippen LogP contribution < -0.4 is 11.9 Å². The van der Waals surface area contributed by atoms with Crippen LogP contribution in [-0.2, 0) is 0 Å². The second-order valence-corrected chi connectivity index (χ2v) is 0.611. The van der Waals surface area contributed by atoms with Crippen LogP contribution in [0, 0.1) is 0 Å². The Hall–Kier alpha value is -0.505. The van der Waals surface area contributed by atoms with E-state index >= 15 is 0 Å². The van der Waals surface area contributed by atoms with E-state index in [1.54, 1.807) is 0 Å². The second-order valence-electron chi connectivity index (χ2n) is 0.611. The maximum atomic E-state index is 9.22. The molecule has 5 N–H and O–H groups in total. The van der Waals surface area contributed by atoms with Crippen molar-refractivity contribution < 1.29 is 4.79 Å². The Balaban J connectivity index is 0. The summed E-state index contributed by atoms with van der Waals surface area (Å²) in [6, 6.07) is 0. The number of hydrogen-bond donors (Lipinski definition) is 2. The number of carbonyl (C=O) groups is 1. The summed E-state index contributed by atoms with van der Waals surface area (Å²) in [5.41, 5.74) is 4.47. The zero-order chi connectivity index (χ0) is 3.58. The fourth-order valence-corrected chi connectivity index (χ4v) is 0. The standard InChI is InChI=1S/CH4BNO.H3N/c2-1(3)4;/h2H2,(H2,3,4);1H3. The van der Waals surface area contributed by atoms with Crippen molar-refractivity contribution in [3.8, 4) is 0 Å². The molecule has 4 heteroatoms. The molecule has 0 aliphatic rings. The molecule has 30 valence electrons. The Kier molecular flexibility index (Phi) is 6.17. The Morgan fingerprint density at radius 3 is 1.80 bits per heavy atom. The van der Waals surface area contributed by atoms with Gasteiger partial charge in [0.1, 0.15) is 0 Å². The second kappa shape index (κ2) is 3.49. The lowest BCUT2D eigenvalue weighted by Gasteiger charge is -1.59. The summed E-state index contributed by atoms with van der Waals surface area (Å²) >= 11 is 0. The Labute approximate surface area is 31.5 Å². The van der Waals surface area contributed by atoms with Crippen molar-refractivity contribution >= 4 is 13.7 Å². The van der Waals surface area contributed by atoms with Crippen LogP contribution in [0.5, 0.6) is 0 Å². The number of carbonyl (C=O) groups excluding carboxylic acids is 1. The molecule has 1 amide bonds. The molecule has 0 unspecified atom stereocenters. The molecular weight excluding hydrogens is 66.8 g/mol. The van der Waals surface area contributed by atoms with Crippen LogP contribution in [-0.4, -0.2) is 13.7 Å². The van der Waals surface area contributed by atoms with E-state index in [2.05, 4.69) is 5.73 Å². The first kappa shape index (κ1) is 8.82. The molecule has 0 aromatic heterocycles. The first-order valence-corrected chi connectivity index (χ1v) is 0.993. The van der Waals surface area contributed by atoms with Crippen molar-refractivity contribution in [2.45, 2.75) is 0 Å². The molecular formula is CH7BN2O. The van der Waals surface area contributed by atoms with Gasteiger partial charge in [-0.2, -0.15) is 0 Å². The van der Waals surface area contributed by atoms with Crippen molar-refractivity contribution in [3.63, 3.8) is 0 Å². The van der Waals surface area contributed by atoms with Gasteiger partial charge < -0.3 is 11.9 Å². The van der Waals surface area contributed by atoms with E-state index in [4.69, 9.17) is 0 Å². The Morgan fingerprint density at radius 2 is 1.80 bits per heavy atom. The SMILES string of the molecule is BC(N)=O.N. The van der Waals surface area contributed by atoms with Gasteiger partial charge in [0.15, 0.2) is 5.81 Å². The van der Waals surface area contributed by atoms with E-state index in [9.17, 15) is 4.79 Å². The molecule has 0 fully saturated rings. The average molecular weight is 73.9 g/mol. The molecule has 5 heavy (non-hydrogen) atoms. The number of amides is 1. The van der Waals surface area contributed by atoms with Crippen molar-refractivity contribution in [1.29, 1.82) is 0 Å². The third kappa shape index (κ3) is 30.6. The summed E-state index contributed by atoms with van der Waals surface area (Å²) < 4.78 is 0. The zero-order valence-electron chi connectivity index (χ0n) is 3.19. The highest BCUT2D eigenvalue weighted by molar-refractivity contribution is 6.56. The fraction of sp³-hybridized carbons (Fsp3) is 0. The highest BCUT2D eigenvalue weighted by atomic mass is 16.1. The molecule has 0 aromatic carbocycles. The maximum Gasteiger partial charge on any atom is 0.215 e. The predicted molar refractivity (Wildman–Crippen MR) is 23.1 cm³/mol. The lowest BCUT2D eigenvalue weighted by atomic mass is 10.2. The minimum absolute atomic E-state index is 0. The van der Waals surface area contributed by atoms with Crippen molar-refractivity contribution in [1.82, 2.24) is 6.15 Å². The normalized spacial score (nSPS) is 4.80. The highest BCUT2D eigenvalue weighted by Gasteiger charge is 1.63. The molecule has 0 heterocycles. The summed E-state index contributed by atoms with van der Waals surface area (Å²) in [5, 5.41) is 0. The minimum Gasteiger partial charge on any atom is -0.379 e. The van der Waals surface area contributed by atoms with Gasteiger partial charge in [-0.25, -0.2) is 0 Å². The lowest BCUT2D eigenvalue weighted by molar-refractivity contribution is 0.266. The lowest BCUT2D eigenvalue weighted by Crippen LogP contribution is -2.05. The third-order valence-electron chi connectivity index (χ3n) is 0. The quantitative estimate of drug-likeness (QED) is 0.356. The third-order valence-corrected chi connectivity index (χ3v) is 0.